The number of fused-ring (bicyclic) bond motifs is 1. The summed E-state index contributed by atoms with van der Waals surface area (Å²) in [4.78, 5) is 61.7. The molecule has 0 radical (unpaired) electrons. The molecule has 50 heavy (non-hydrogen) atoms. The molecule has 9 atom stereocenters. The second kappa shape index (κ2) is 18.0. The quantitative estimate of drug-likeness (QED) is 0.0799. The van der Waals surface area contributed by atoms with Gasteiger partial charge >= 0.3 is 5.97 Å². The first-order chi connectivity index (χ1) is 24.0. The molecule has 3 fully saturated rings. The third kappa shape index (κ3) is 8.05. The highest BCUT2D eigenvalue weighted by Crippen LogP contribution is 2.60. The molecule has 1 N–H and O–H groups in total. The Morgan fingerprint density at radius 1 is 1.14 bits per heavy atom. The minimum atomic E-state index is -1.21. The Morgan fingerprint density at radius 3 is 2.48 bits per heavy atom. The number of likely N-dealkylation sites (tertiary alicyclic amines) is 1. The summed E-state index contributed by atoms with van der Waals surface area (Å²) in [6.07, 6.45) is 7.75. The Balaban J connectivity index is 1.70. The first-order valence-electron chi connectivity index (χ1n) is 18.3. The molecule has 1 aromatic rings. The Bertz CT molecular complexity index is 1360. The molecule has 4 rings (SSSR count). The van der Waals surface area contributed by atoms with Gasteiger partial charge in [-0.1, -0.05) is 84.6 Å². The van der Waals surface area contributed by atoms with E-state index in [0.29, 0.717) is 38.8 Å². The van der Waals surface area contributed by atoms with E-state index in [1.165, 1.54) is 0 Å². The SMILES string of the molecule is C=CCCC(=O)N(C)[C@@H](C)[C@@H](OC(=O)[C@H]1[C@@H]2O[C@@]3(CC2Br)[C@@H]1C(=O)N(CCCCCCO)[C@@H]3C(=O)N(CC=C)C(C)CCC)c1ccccc1. The monoisotopic (exact) mass is 757 g/mol. The number of aliphatic hydroxyl groups excluding tert-OH is 1. The number of alkyl halides is 1. The highest BCUT2D eigenvalue weighted by molar-refractivity contribution is 9.09. The summed E-state index contributed by atoms with van der Waals surface area (Å²) in [6, 6.07) is 7.82. The fourth-order valence-electron chi connectivity index (χ4n) is 8.15. The van der Waals surface area contributed by atoms with E-state index in [2.05, 4.69) is 36.0 Å². The van der Waals surface area contributed by atoms with Crippen LogP contribution < -0.4 is 0 Å². The second-order valence-electron chi connectivity index (χ2n) is 14.1. The van der Waals surface area contributed by atoms with Crippen molar-refractivity contribution in [2.45, 2.75) is 119 Å². The Labute approximate surface area is 306 Å². The van der Waals surface area contributed by atoms with Crippen LogP contribution in [0.25, 0.3) is 0 Å². The number of hydrogen-bond acceptors (Lipinski definition) is 7. The Morgan fingerprint density at radius 2 is 1.84 bits per heavy atom. The standard InChI is InChI=1S/C39H56BrN3O7/c1-7-10-21-30(45)41(6)27(5)33(28-19-14-13-15-20-28)49-38(48)31-32-36(46)43(23-16-11-12-17-24-44)35(39(32)25-29(40)34(31)50-39)37(47)42(22-9-3)26(4)18-8-2/h7,9,13-15,19-20,26-27,29,31-35,44H,1,3,8,10-12,16-18,21-25H2,2,4-6H3/t26?,27-,29?,31+,32-,33+,34+,35+,39-/m0/s1. The zero-order chi connectivity index (χ0) is 36.6. The fraction of sp³-hybridized carbons (Fsp3) is 0.641. The predicted molar refractivity (Wildman–Crippen MR) is 196 cm³/mol. The number of unbranched alkanes of at least 4 members (excludes halogenated alkanes) is 3. The zero-order valence-electron chi connectivity index (χ0n) is 30.2. The van der Waals surface area contributed by atoms with Gasteiger partial charge in [-0.25, -0.2) is 0 Å². The first-order valence-corrected chi connectivity index (χ1v) is 19.2. The molecule has 276 valence electrons. The molecule has 3 aliphatic heterocycles. The molecule has 0 aliphatic carbocycles. The number of esters is 1. The van der Waals surface area contributed by atoms with Gasteiger partial charge in [0.15, 0.2) is 0 Å². The van der Waals surface area contributed by atoms with Crippen LogP contribution in [0.1, 0.15) is 90.2 Å². The number of ether oxygens (including phenoxy) is 2. The number of allylic oxidation sites excluding steroid dienone is 1. The third-order valence-corrected chi connectivity index (χ3v) is 11.7. The minimum absolute atomic E-state index is 0.0825. The maximum Gasteiger partial charge on any atom is 0.313 e. The van der Waals surface area contributed by atoms with E-state index in [1.54, 1.807) is 33.9 Å². The highest BCUT2D eigenvalue weighted by atomic mass is 79.9. The van der Waals surface area contributed by atoms with Crippen LogP contribution in [0.2, 0.25) is 0 Å². The van der Waals surface area contributed by atoms with Gasteiger partial charge in [-0.15, -0.1) is 13.2 Å². The van der Waals surface area contributed by atoms with Gasteiger partial charge < -0.3 is 29.3 Å². The summed E-state index contributed by atoms with van der Waals surface area (Å²) in [6.45, 7) is 14.3. The molecular formula is C39H56BrN3O7. The Hall–Kier alpha value is -3.02. The topological polar surface area (TPSA) is 117 Å². The number of rotatable bonds is 20. The lowest BCUT2D eigenvalue weighted by Gasteiger charge is -2.39. The van der Waals surface area contributed by atoms with Crippen molar-refractivity contribution in [1.29, 1.82) is 0 Å². The number of aliphatic hydroxyl groups is 1. The summed E-state index contributed by atoms with van der Waals surface area (Å²) < 4.78 is 13.1. The van der Waals surface area contributed by atoms with Crippen molar-refractivity contribution in [3.05, 3.63) is 61.2 Å². The van der Waals surface area contributed by atoms with Gasteiger partial charge in [-0.3, -0.25) is 19.2 Å². The van der Waals surface area contributed by atoms with Gasteiger partial charge in [-0.05, 0) is 51.5 Å². The van der Waals surface area contributed by atoms with Crippen molar-refractivity contribution in [1.82, 2.24) is 14.7 Å². The first kappa shape index (κ1) is 39.8. The smallest absolute Gasteiger partial charge is 0.313 e. The molecule has 11 heteroatoms. The highest BCUT2D eigenvalue weighted by Gasteiger charge is 2.77. The number of carbonyl (C=O) groups is 4. The molecule has 3 aliphatic rings. The van der Waals surface area contributed by atoms with Crippen LogP contribution >= 0.6 is 15.9 Å². The molecule has 1 aromatic carbocycles. The average molecular weight is 759 g/mol. The molecule has 1 spiro atoms. The van der Waals surface area contributed by atoms with Gasteiger partial charge in [0.05, 0.1) is 24.0 Å². The third-order valence-electron chi connectivity index (χ3n) is 10.8. The van der Waals surface area contributed by atoms with Gasteiger partial charge in [0.1, 0.15) is 17.7 Å². The van der Waals surface area contributed by atoms with Crippen LogP contribution in [-0.2, 0) is 28.7 Å². The average Bonchev–Trinajstić information content (AvgIpc) is 3.70. The number of amides is 3. The van der Waals surface area contributed by atoms with Crippen LogP contribution in [-0.4, -0.2) is 105 Å². The summed E-state index contributed by atoms with van der Waals surface area (Å²) in [5, 5.41) is 9.28. The van der Waals surface area contributed by atoms with Crippen molar-refractivity contribution in [2.24, 2.45) is 11.8 Å². The molecule has 3 heterocycles. The summed E-state index contributed by atoms with van der Waals surface area (Å²) >= 11 is 3.77. The van der Waals surface area contributed by atoms with Gasteiger partial charge in [0, 0.05) is 44.0 Å². The molecule has 2 bridgehead atoms. The molecular weight excluding hydrogens is 702 g/mol. The molecule has 3 saturated heterocycles. The summed E-state index contributed by atoms with van der Waals surface area (Å²) in [7, 11) is 1.70. The molecule has 0 aromatic heterocycles. The lowest BCUT2D eigenvalue weighted by molar-refractivity contribution is -0.164. The lowest BCUT2D eigenvalue weighted by atomic mass is 9.70. The van der Waals surface area contributed by atoms with Gasteiger partial charge in [0.2, 0.25) is 17.7 Å². The van der Waals surface area contributed by atoms with Crippen LogP contribution in [0.4, 0.5) is 0 Å². The van der Waals surface area contributed by atoms with Gasteiger partial charge in [0.25, 0.3) is 0 Å². The summed E-state index contributed by atoms with van der Waals surface area (Å²) in [5.41, 5.74) is -0.482. The molecule has 0 saturated carbocycles. The van der Waals surface area contributed by atoms with Crippen LogP contribution in [0.15, 0.2) is 55.6 Å². The largest absolute Gasteiger partial charge is 0.455 e. The zero-order valence-corrected chi connectivity index (χ0v) is 31.8. The van der Waals surface area contributed by atoms with Crippen LogP contribution in [0.3, 0.4) is 0 Å². The number of carbonyl (C=O) groups excluding carboxylic acids is 4. The predicted octanol–water partition coefficient (Wildman–Crippen LogP) is 5.59. The number of benzene rings is 1. The van der Waals surface area contributed by atoms with E-state index < -0.39 is 47.7 Å². The molecule has 3 amide bonds. The molecule has 10 nitrogen and oxygen atoms in total. The van der Waals surface area contributed by atoms with E-state index in [1.807, 2.05) is 44.2 Å². The normalized spacial score (nSPS) is 27.0. The number of halogens is 1. The minimum Gasteiger partial charge on any atom is -0.455 e. The maximum absolute atomic E-state index is 14.7. The second-order valence-corrected chi connectivity index (χ2v) is 15.3. The number of likely N-dealkylation sites (N-methyl/N-ethyl adjacent to an activating group) is 1. The van der Waals surface area contributed by atoms with Crippen LogP contribution in [0.5, 0.6) is 0 Å². The maximum atomic E-state index is 14.7. The van der Waals surface area contributed by atoms with Gasteiger partial charge in [-0.2, -0.15) is 0 Å². The fourth-order valence-corrected chi connectivity index (χ4v) is 9.09. The lowest BCUT2D eigenvalue weighted by Crippen LogP contribution is -2.58. The van der Waals surface area contributed by atoms with Crippen LogP contribution in [0, 0.1) is 11.8 Å². The van der Waals surface area contributed by atoms with E-state index in [9.17, 15) is 24.3 Å². The van der Waals surface area contributed by atoms with Crippen molar-refractivity contribution >= 4 is 39.6 Å². The molecule has 2 unspecified atom stereocenters. The van der Waals surface area contributed by atoms with E-state index in [4.69, 9.17) is 9.47 Å². The van der Waals surface area contributed by atoms with E-state index in [0.717, 1.165) is 31.2 Å². The summed E-state index contributed by atoms with van der Waals surface area (Å²) in [5.74, 6) is -2.98. The number of nitrogens with zero attached hydrogens (tertiary/aromatic N) is 3. The Kier molecular flexibility index (Phi) is 14.3. The van der Waals surface area contributed by atoms with Crippen molar-refractivity contribution < 1.29 is 33.8 Å². The van der Waals surface area contributed by atoms with Crippen molar-refractivity contribution in [3.63, 3.8) is 0 Å². The van der Waals surface area contributed by atoms with E-state index >= 15 is 0 Å². The van der Waals surface area contributed by atoms with Crippen molar-refractivity contribution in [2.75, 3.05) is 26.7 Å². The number of hydrogen-bond donors (Lipinski definition) is 1. The van der Waals surface area contributed by atoms with E-state index in [-0.39, 0.29) is 41.6 Å². The van der Waals surface area contributed by atoms with Crippen molar-refractivity contribution in [3.8, 4) is 0 Å².